The van der Waals surface area contributed by atoms with Crippen molar-refractivity contribution in [2.45, 2.75) is 110 Å². The van der Waals surface area contributed by atoms with Crippen LogP contribution in [-0.4, -0.2) is 34.6 Å². The van der Waals surface area contributed by atoms with Gasteiger partial charge in [0.2, 0.25) is 0 Å². The second-order valence-electron chi connectivity index (χ2n) is 11.4. The Labute approximate surface area is 166 Å². The Bertz CT molecular complexity index is 546. The van der Waals surface area contributed by atoms with Crippen LogP contribution in [0, 0.1) is 40.4 Å². The van der Waals surface area contributed by atoms with Crippen LogP contribution >= 0.6 is 0 Å². The lowest BCUT2D eigenvalue weighted by atomic mass is 9.44. The summed E-state index contributed by atoms with van der Waals surface area (Å²) in [6.45, 7) is 11.2. The van der Waals surface area contributed by atoms with Crippen LogP contribution in [0.1, 0.15) is 86.0 Å². The molecule has 0 aromatic rings. The van der Waals surface area contributed by atoms with Gasteiger partial charge >= 0.3 is 0 Å². The summed E-state index contributed by atoms with van der Waals surface area (Å²) in [5.41, 5.74) is 0.645. The second-order valence-corrected chi connectivity index (χ2v) is 11.4. The van der Waals surface area contributed by atoms with E-state index in [2.05, 4.69) is 27.7 Å². The summed E-state index contributed by atoms with van der Waals surface area (Å²) in [6.07, 6.45) is 9.38. The molecular weight excluding hydrogens is 336 g/mol. The lowest BCUT2D eigenvalue weighted by Crippen LogP contribution is -2.57. The molecule has 2 N–H and O–H groups in total. The van der Waals surface area contributed by atoms with Gasteiger partial charge < -0.3 is 14.9 Å². The van der Waals surface area contributed by atoms with Gasteiger partial charge in [0.1, 0.15) is 0 Å². The first kappa shape index (κ1) is 20.2. The highest BCUT2D eigenvalue weighted by Crippen LogP contribution is 2.67. The summed E-state index contributed by atoms with van der Waals surface area (Å²) < 4.78 is 6.17. The van der Waals surface area contributed by atoms with Crippen molar-refractivity contribution in [2.75, 3.05) is 0 Å². The summed E-state index contributed by atoms with van der Waals surface area (Å²) >= 11 is 0. The van der Waals surface area contributed by atoms with E-state index in [1.54, 1.807) is 0 Å². The zero-order valence-electron chi connectivity index (χ0n) is 18.2. The summed E-state index contributed by atoms with van der Waals surface area (Å²) in [4.78, 5) is 0. The van der Waals surface area contributed by atoms with Crippen LogP contribution in [0.25, 0.3) is 0 Å². The van der Waals surface area contributed by atoms with Crippen LogP contribution in [0.15, 0.2) is 0 Å². The predicted molar refractivity (Wildman–Crippen MR) is 108 cm³/mol. The van der Waals surface area contributed by atoms with Crippen molar-refractivity contribution < 1.29 is 14.9 Å². The molecule has 3 nitrogen and oxygen atoms in total. The fourth-order valence-corrected chi connectivity index (χ4v) is 8.57. The first-order valence-electron chi connectivity index (χ1n) is 11.7. The van der Waals surface area contributed by atoms with Gasteiger partial charge in [-0.1, -0.05) is 13.8 Å². The van der Waals surface area contributed by atoms with Crippen molar-refractivity contribution in [1.82, 2.24) is 0 Å². The van der Waals surface area contributed by atoms with E-state index in [0.717, 1.165) is 30.6 Å². The minimum atomic E-state index is -0.290. The largest absolute Gasteiger partial charge is 0.393 e. The zero-order valence-corrected chi connectivity index (χ0v) is 18.2. The summed E-state index contributed by atoms with van der Waals surface area (Å²) in [6, 6.07) is 0. The number of aliphatic hydroxyl groups is 2. The monoisotopic (exact) mass is 378 g/mol. The van der Waals surface area contributed by atoms with Crippen LogP contribution in [0.2, 0.25) is 0 Å². The average Bonchev–Trinajstić information content (AvgIpc) is 2.93. The van der Waals surface area contributed by atoms with E-state index >= 15 is 0 Å². The lowest BCUT2D eigenvalue weighted by molar-refractivity contribution is -0.181. The highest BCUT2D eigenvalue weighted by Gasteiger charge is 2.61. The molecule has 27 heavy (non-hydrogen) atoms. The molecule has 0 radical (unpaired) electrons. The molecule has 4 rings (SSSR count). The summed E-state index contributed by atoms with van der Waals surface area (Å²) in [5, 5.41) is 21.1. The maximum absolute atomic E-state index is 10.7. The number of aliphatic hydroxyl groups excluding tert-OH is 2. The smallest absolute Gasteiger partial charge is 0.0842 e. The number of hydrogen-bond donors (Lipinski definition) is 2. The van der Waals surface area contributed by atoms with Crippen molar-refractivity contribution in [2.24, 2.45) is 40.4 Å². The Morgan fingerprint density at radius 3 is 2.30 bits per heavy atom. The molecule has 0 saturated heterocycles. The lowest BCUT2D eigenvalue weighted by Gasteiger charge is -2.62. The zero-order chi connectivity index (χ0) is 19.6. The van der Waals surface area contributed by atoms with E-state index < -0.39 is 0 Å². The van der Waals surface area contributed by atoms with Gasteiger partial charge in [0.25, 0.3) is 0 Å². The Morgan fingerprint density at radius 2 is 1.63 bits per heavy atom. The van der Waals surface area contributed by atoms with E-state index in [0.29, 0.717) is 22.7 Å². The first-order chi connectivity index (χ1) is 12.7. The minimum Gasteiger partial charge on any atom is -0.393 e. The van der Waals surface area contributed by atoms with E-state index in [1.165, 1.54) is 38.5 Å². The Kier molecular flexibility index (Phi) is 5.22. The van der Waals surface area contributed by atoms with E-state index in [9.17, 15) is 10.2 Å². The molecule has 3 heteroatoms. The molecule has 0 aromatic heterocycles. The SMILES string of the molecule is CC(C)O[C@H]1C[C@@]2(C)[C@@H](CC[C@@H]3[C@@H]2CC[C@]2(C)[C@@H](C(C)O)CC[C@@H]32)C[C@@H]1O. The molecule has 1 unspecified atom stereocenters. The third-order valence-electron chi connectivity index (χ3n) is 9.76. The molecule has 0 spiro atoms. The fourth-order valence-electron chi connectivity index (χ4n) is 8.57. The predicted octanol–water partition coefficient (Wildman–Crippen LogP) is 4.79. The highest BCUT2D eigenvalue weighted by molar-refractivity contribution is 5.10. The molecule has 0 aliphatic heterocycles. The van der Waals surface area contributed by atoms with Crippen LogP contribution in [0.3, 0.4) is 0 Å². The summed E-state index contributed by atoms with van der Waals surface area (Å²) in [7, 11) is 0. The number of rotatable bonds is 3. The maximum atomic E-state index is 10.7. The van der Waals surface area contributed by atoms with Gasteiger partial charge in [0, 0.05) is 0 Å². The van der Waals surface area contributed by atoms with Crippen LogP contribution in [-0.2, 0) is 4.74 Å². The number of hydrogen-bond acceptors (Lipinski definition) is 3. The van der Waals surface area contributed by atoms with Crippen molar-refractivity contribution in [3.63, 3.8) is 0 Å². The van der Waals surface area contributed by atoms with Crippen molar-refractivity contribution in [3.05, 3.63) is 0 Å². The van der Waals surface area contributed by atoms with Crippen molar-refractivity contribution in [1.29, 1.82) is 0 Å². The number of fused-ring (bicyclic) bond motifs is 5. The van der Waals surface area contributed by atoms with Crippen LogP contribution in [0.5, 0.6) is 0 Å². The van der Waals surface area contributed by atoms with Gasteiger partial charge in [-0.15, -0.1) is 0 Å². The molecule has 0 heterocycles. The molecule has 4 aliphatic rings. The molecule has 4 fully saturated rings. The normalized spacial score (nSPS) is 53.6. The summed E-state index contributed by atoms with van der Waals surface area (Å²) in [5.74, 6) is 3.50. The Hall–Kier alpha value is -0.120. The van der Waals surface area contributed by atoms with Gasteiger partial charge in [-0.3, -0.25) is 0 Å². The quantitative estimate of drug-likeness (QED) is 0.742. The Balaban J connectivity index is 1.58. The molecule has 10 atom stereocenters. The van der Waals surface area contributed by atoms with Crippen LogP contribution in [0.4, 0.5) is 0 Å². The van der Waals surface area contributed by atoms with Crippen LogP contribution < -0.4 is 0 Å². The molecule has 0 bridgehead atoms. The molecule has 0 amide bonds. The van der Waals surface area contributed by atoms with Gasteiger partial charge in [0.15, 0.2) is 0 Å². The topological polar surface area (TPSA) is 49.7 Å². The van der Waals surface area contributed by atoms with E-state index in [-0.39, 0.29) is 24.4 Å². The van der Waals surface area contributed by atoms with Crippen molar-refractivity contribution in [3.8, 4) is 0 Å². The van der Waals surface area contributed by atoms with Crippen molar-refractivity contribution >= 4 is 0 Å². The Morgan fingerprint density at radius 1 is 0.926 bits per heavy atom. The molecule has 0 aromatic carbocycles. The fraction of sp³-hybridized carbons (Fsp3) is 1.00. The van der Waals surface area contributed by atoms with E-state index in [1.807, 2.05) is 6.92 Å². The number of ether oxygens (including phenoxy) is 1. The van der Waals surface area contributed by atoms with Gasteiger partial charge in [0.05, 0.1) is 24.4 Å². The minimum absolute atomic E-state index is 0.00657. The van der Waals surface area contributed by atoms with E-state index in [4.69, 9.17) is 4.74 Å². The van der Waals surface area contributed by atoms with Gasteiger partial charge in [-0.2, -0.15) is 0 Å². The molecule has 4 saturated carbocycles. The third kappa shape index (κ3) is 3.11. The average molecular weight is 379 g/mol. The standard InChI is InChI=1S/C24H42O3/c1-14(2)27-22-13-24(5)16(12-21(22)26)6-7-17-19-9-8-18(15(3)25)23(19,4)11-10-20(17)24/h14-22,25-26H,6-13H2,1-5H3/t15?,16-,17-,18+,19-,20-,21-,22-,23+,24-/m0/s1. The second kappa shape index (κ2) is 6.99. The third-order valence-corrected chi connectivity index (χ3v) is 9.76. The van der Waals surface area contributed by atoms with Gasteiger partial charge in [-0.25, -0.2) is 0 Å². The van der Waals surface area contributed by atoms with Gasteiger partial charge in [-0.05, 0) is 113 Å². The maximum Gasteiger partial charge on any atom is 0.0842 e. The molecule has 4 aliphatic carbocycles. The molecular formula is C24H42O3. The molecule has 156 valence electrons. The first-order valence-corrected chi connectivity index (χ1v) is 11.7. The highest BCUT2D eigenvalue weighted by atomic mass is 16.5.